The van der Waals surface area contributed by atoms with Crippen molar-refractivity contribution < 1.29 is 7.46 Å². The van der Waals surface area contributed by atoms with Gasteiger partial charge in [0.05, 0.1) is 29.8 Å². The summed E-state index contributed by atoms with van der Waals surface area (Å²) in [6.07, 6.45) is 6.79. The van der Waals surface area contributed by atoms with Crippen molar-refractivity contribution in [3.8, 4) is 11.3 Å². The molecule has 0 atom stereocenters. The molecule has 9 heteroatoms. The number of hydrogen-bond acceptors (Lipinski definition) is 4. The minimum atomic E-state index is -1.35. The van der Waals surface area contributed by atoms with Crippen LogP contribution in [0.5, 0.6) is 0 Å². The third-order valence-corrected chi connectivity index (χ3v) is 4.82. The van der Waals surface area contributed by atoms with Gasteiger partial charge in [-0.25, -0.2) is 12.4 Å². The first-order valence-electron chi connectivity index (χ1n) is 7.09. The number of aryl methyl sites for hydroxylation is 1. The average Bonchev–Trinajstić information content (AvgIpc) is 3.19. The first-order valence-corrected chi connectivity index (χ1v) is 9.05. The summed E-state index contributed by atoms with van der Waals surface area (Å²) in [5, 5.41) is 7.71. The quantitative estimate of drug-likeness (QED) is 0.377. The third kappa shape index (κ3) is 2.19. The van der Waals surface area contributed by atoms with E-state index in [9.17, 15) is 7.46 Å². The Hall–Kier alpha value is -2.43. The number of benzene rings is 1. The first-order chi connectivity index (χ1) is 11.6. The molecule has 0 aliphatic carbocycles. The van der Waals surface area contributed by atoms with Crippen LogP contribution in [0.1, 0.15) is 11.1 Å². The van der Waals surface area contributed by atoms with Gasteiger partial charge in [0.15, 0.2) is 11.5 Å². The average molecular weight is 438 g/mol. The van der Waals surface area contributed by atoms with E-state index in [0.717, 1.165) is 5.39 Å². The molecule has 0 aliphatic rings. The van der Waals surface area contributed by atoms with Gasteiger partial charge >= 0.3 is 0 Å². The summed E-state index contributed by atoms with van der Waals surface area (Å²) < 4.78 is 29.8. The molecule has 0 spiro atoms. The number of aromatic nitrogens is 5. The van der Waals surface area contributed by atoms with Crippen LogP contribution in [0.25, 0.3) is 27.8 Å². The maximum Gasteiger partial charge on any atom is 0.271 e. The summed E-state index contributed by atoms with van der Waals surface area (Å²) >= 11 is -1.35. The van der Waals surface area contributed by atoms with E-state index in [0.29, 0.717) is 39.4 Å². The van der Waals surface area contributed by atoms with Gasteiger partial charge in [-0.2, -0.15) is 5.10 Å². The normalized spacial score (nSPS) is 11.5. The van der Waals surface area contributed by atoms with E-state index in [1.807, 2.05) is 0 Å². The molecule has 3 aromatic heterocycles. The van der Waals surface area contributed by atoms with Gasteiger partial charge in [-0.05, 0) is 19.4 Å². The fourth-order valence-corrected chi connectivity index (χ4v) is 3.39. The van der Waals surface area contributed by atoms with Crippen molar-refractivity contribution in [2.75, 3.05) is 3.53 Å². The van der Waals surface area contributed by atoms with Crippen molar-refractivity contribution in [2.45, 2.75) is 13.8 Å². The monoisotopic (exact) mass is 438 g/mol. The largest absolute Gasteiger partial charge is 0.301 e. The van der Waals surface area contributed by atoms with Crippen LogP contribution >= 0.6 is 21.5 Å². The van der Waals surface area contributed by atoms with Gasteiger partial charge in [-0.15, -0.1) is 0 Å². The second-order valence-corrected chi connectivity index (χ2v) is 6.41. The highest BCUT2D eigenvalue weighted by atomic mass is 127. The molecule has 4 aromatic rings. The van der Waals surface area contributed by atoms with Gasteiger partial charge in [0, 0.05) is 22.7 Å². The van der Waals surface area contributed by atoms with Crippen LogP contribution in [-0.4, -0.2) is 24.6 Å². The zero-order valence-electron chi connectivity index (χ0n) is 12.8. The van der Waals surface area contributed by atoms with Crippen LogP contribution in [0.4, 0.5) is 10.2 Å². The zero-order chi connectivity index (χ0) is 16.8. The number of hydrogen-bond donors (Lipinski definition) is 2. The fraction of sp³-hybridized carbons (Fsp3) is 0.133. The molecular formula is C15H12FIN6O. The number of anilines is 1. The highest BCUT2D eigenvalue weighted by molar-refractivity contribution is 14.1. The smallest absolute Gasteiger partial charge is 0.271 e. The second kappa shape index (κ2) is 5.58. The van der Waals surface area contributed by atoms with E-state index >= 15 is 0 Å². The van der Waals surface area contributed by atoms with Crippen LogP contribution in [0, 0.1) is 19.7 Å². The fourth-order valence-electron chi connectivity index (χ4n) is 2.91. The minimum Gasteiger partial charge on any atom is -0.301 e. The Morgan fingerprint density at radius 3 is 2.88 bits per heavy atom. The van der Waals surface area contributed by atoms with Crippen molar-refractivity contribution in [1.82, 2.24) is 24.6 Å². The third-order valence-electron chi connectivity index (χ3n) is 4.05. The molecule has 0 saturated heterocycles. The van der Waals surface area contributed by atoms with E-state index in [1.54, 1.807) is 43.0 Å². The van der Waals surface area contributed by atoms with E-state index in [1.165, 1.54) is 0 Å². The summed E-state index contributed by atoms with van der Waals surface area (Å²) in [4.78, 5) is 8.69. The molecule has 0 unspecified atom stereocenters. The highest BCUT2D eigenvalue weighted by Gasteiger charge is 2.18. The van der Waals surface area contributed by atoms with Gasteiger partial charge < -0.3 is 4.40 Å². The Morgan fingerprint density at radius 2 is 2.08 bits per heavy atom. The molecule has 4 rings (SSSR count). The number of aromatic amines is 1. The molecule has 24 heavy (non-hydrogen) atoms. The van der Waals surface area contributed by atoms with Gasteiger partial charge in [0.1, 0.15) is 5.82 Å². The van der Waals surface area contributed by atoms with Gasteiger partial charge in [-0.3, -0.25) is 13.6 Å². The Morgan fingerprint density at radius 1 is 1.25 bits per heavy atom. The number of nitrogens with one attached hydrogen (secondary N) is 2. The SMILES string of the molecule is Cc1c(F)c(C)c2[nH]ncc2c1-c1cn2cc(NI=O)nc2cn1. The molecular weight excluding hydrogens is 426 g/mol. The van der Waals surface area contributed by atoms with Crippen LogP contribution in [0.15, 0.2) is 24.8 Å². The molecule has 0 aliphatic heterocycles. The predicted molar refractivity (Wildman–Crippen MR) is 95.8 cm³/mol. The van der Waals surface area contributed by atoms with Crippen molar-refractivity contribution in [2.24, 2.45) is 0 Å². The number of nitrogens with zero attached hydrogens (tertiary/aromatic N) is 4. The van der Waals surface area contributed by atoms with E-state index in [-0.39, 0.29) is 5.82 Å². The van der Waals surface area contributed by atoms with Crippen molar-refractivity contribution >= 4 is 43.8 Å². The summed E-state index contributed by atoms with van der Waals surface area (Å²) in [5.74, 6) is 0.254. The topological polar surface area (TPSA) is 88.0 Å². The Kier molecular flexibility index (Phi) is 3.52. The number of H-pyrrole nitrogens is 1. The lowest BCUT2D eigenvalue weighted by molar-refractivity contribution is 0.612. The summed E-state index contributed by atoms with van der Waals surface area (Å²) in [5.41, 5.74) is 3.66. The molecule has 0 amide bonds. The van der Waals surface area contributed by atoms with Crippen molar-refractivity contribution in [3.63, 3.8) is 0 Å². The number of fused-ring (bicyclic) bond motifs is 2. The minimum absolute atomic E-state index is 0.271. The molecule has 122 valence electrons. The molecule has 0 saturated carbocycles. The molecule has 0 bridgehead atoms. The zero-order valence-corrected chi connectivity index (χ0v) is 14.9. The number of imidazole rings is 1. The maximum atomic E-state index is 14.6. The van der Waals surface area contributed by atoms with Crippen LogP contribution in [0.2, 0.25) is 0 Å². The lowest BCUT2D eigenvalue weighted by Crippen LogP contribution is -1.97. The standard InChI is InChI=1S/C15H12FIN6O/c1-7-13(9-3-19-22-15(9)8(2)14(7)16)10-5-23-6-11(21-17-24)20-12(23)4-18-10/h3-6H,1-2H3,(H,19,22)(H,21,24). The van der Waals surface area contributed by atoms with Crippen molar-refractivity contribution in [3.05, 3.63) is 41.7 Å². The van der Waals surface area contributed by atoms with Gasteiger partial charge in [0.2, 0.25) is 0 Å². The van der Waals surface area contributed by atoms with Crippen LogP contribution < -0.4 is 3.53 Å². The molecule has 1 aromatic carbocycles. The first kappa shape index (κ1) is 15.1. The van der Waals surface area contributed by atoms with Crippen LogP contribution in [-0.2, 0) is 3.07 Å². The maximum absolute atomic E-state index is 14.6. The van der Waals surface area contributed by atoms with E-state index in [4.69, 9.17) is 0 Å². The summed E-state index contributed by atoms with van der Waals surface area (Å²) in [6, 6.07) is 0. The molecule has 0 radical (unpaired) electrons. The predicted octanol–water partition coefficient (Wildman–Crippen LogP) is 3.67. The highest BCUT2D eigenvalue weighted by Crippen LogP contribution is 2.34. The molecule has 3 heterocycles. The molecule has 7 nitrogen and oxygen atoms in total. The van der Waals surface area contributed by atoms with E-state index in [2.05, 4.69) is 23.7 Å². The van der Waals surface area contributed by atoms with Crippen LogP contribution in [0.3, 0.4) is 0 Å². The Balaban J connectivity index is 1.99. The Bertz CT molecular complexity index is 1100. The van der Waals surface area contributed by atoms with E-state index < -0.39 is 21.5 Å². The Labute approximate surface area is 146 Å². The molecule has 2 N–H and O–H groups in total. The summed E-state index contributed by atoms with van der Waals surface area (Å²) in [6.45, 7) is 3.46. The van der Waals surface area contributed by atoms with Gasteiger partial charge in [0.25, 0.3) is 21.5 Å². The number of rotatable bonds is 3. The lowest BCUT2D eigenvalue weighted by atomic mass is 9.97. The number of halogens is 2. The second-order valence-electron chi connectivity index (χ2n) is 5.43. The summed E-state index contributed by atoms with van der Waals surface area (Å²) in [7, 11) is 0. The lowest BCUT2D eigenvalue weighted by Gasteiger charge is -2.11. The molecule has 0 fully saturated rings. The van der Waals surface area contributed by atoms with Crippen molar-refractivity contribution in [1.29, 1.82) is 0 Å². The van der Waals surface area contributed by atoms with Gasteiger partial charge in [-0.1, -0.05) is 0 Å².